The van der Waals surface area contributed by atoms with Crippen LogP contribution in [0.1, 0.15) is 11.1 Å². The van der Waals surface area contributed by atoms with Crippen molar-refractivity contribution in [2.45, 2.75) is 13.5 Å². The monoisotopic (exact) mass is 272 g/mol. The summed E-state index contributed by atoms with van der Waals surface area (Å²) in [5.74, 6) is 0. The highest BCUT2D eigenvalue weighted by Crippen LogP contribution is 2.22. The molecule has 0 saturated carbocycles. The van der Waals surface area contributed by atoms with Gasteiger partial charge in [0.25, 0.3) is 0 Å². The minimum Gasteiger partial charge on any atom is -0.343 e. The largest absolute Gasteiger partial charge is 0.343 e. The Hall–Kier alpha value is -2.61. The van der Waals surface area contributed by atoms with Crippen LogP contribution >= 0.6 is 0 Å². The van der Waals surface area contributed by atoms with Gasteiger partial charge in [-0.25, -0.2) is 0 Å². The summed E-state index contributed by atoms with van der Waals surface area (Å²) < 4.78 is 2.30. The SMILES string of the molecule is Cc1ccc2c(ccn2Cc2ccnc3ccccc23)c1. The van der Waals surface area contributed by atoms with Crippen molar-refractivity contribution < 1.29 is 0 Å². The van der Waals surface area contributed by atoms with Crippen LogP contribution in [-0.4, -0.2) is 9.55 Å². The van der Waals surface area contributed by atoms with Gasteiger partial charge in [-0.2, -0.15) is 0 Å². The van der Waals surface area contributed by atoms with Crippen LogP contribution in [-0.2, 0) is 6.54 Å². The summed E-state index contributed by atoms with van der Waals surface area (Å²) in [7, 11) is 0. The zero-order valence-corrected chi connectivity index (χ0v) is 12.0. The van der Waals surface area contributed by atoms with Gasteiger partial charge in [0.2, 0.25) is 0 Å². The molecule has 0 spiro atoms. The van der Waals surface area contributed by atoms with Crippen molar-refractivity contribution >= 4 is 21.8 Å². The van der Waals surface area contributed by atoms with Gasteiger partial charge in [-0.05, 0) is 48.2 Å². The lowest BCUT2D eigenvalue weighted by atomic mass is 10.1. The van der Waals surface area contributed by atoms with Gasteiger partial charge >= 0.3 is 0 Å². The smallest absolute Gasteiger partial charge is 0.0705 e. The van der Waals surface area contributed by atoms with Crippen LogP contribution in [0, 0.1) is 6.92 Å². The van der Waals surface area contributed by atoms with E-state index >= 15 is 0 Å². The maximum atomic E-state index is 4.44. The third kappa shape index (κ3) is 2.09. The quantitative estimate of drug-likeness (QED) is 0.523. The Balaban J connectivity index is 1.83. The molecule has 2 aromatic heterocycles. The molecule has 0 radical (unpaired) electrons. The van der Waals surface area contributed by atoms with Gasteiger partial charge in [-0.3, -0.25) is 4.98 Å². The minimum absolute atomic E-state index is 0.871. The molecule has 102 valence electrons. The average Bonchev–Trinajstić information content (AvgIpc) is 2.90. The van der Waals surface area contributed by atoms with Crippen molar-refractivity contribution in [3.8, 4) is 0 Å². The predicted molar refractivity (Wildman–Crippen MR) is 87.5 cm³/mol. The Morgan fingerprint density at radius 2 is 1.90 bits per heavy atom. The van der Waals surface area contributed by atoms with Crippen molar-refractivity contribution in [1.82, 2.24) is 9.55 Å². The fourth-order valence-corrected chi connectivity index (χ4v) is 2.93. The van der Waals surface area contributed by atoms with Crippen LogP contribution in [0.3, 0.4) is 0 Å². The van der Waals surface area contributed by atoms with Crippen molar-refractivity contribution in [3.63, 3.8) is 0 Å². The number of rotatable bonds is 2. The van der Waals surface area contributed by atoms with Crippen LogP contribution in [0.5, 0.6) is 0 Å². The maximum Gasteiger partial charge on any atom is 0.0705 e. The molecule has 0 fully saturated rings. The summed E-state index contributed by atoms with van der Waals surface area (Å²) in [6.07, 6.45) is 4.06. The number of pyridine rings is 1. The van der Waals surface area contributed by atoms with E-state index in [1.54, 1.807) is 0 Å². The van der Waals surface area contributed by atoms with E-state index in [2.05, 4.69) is 71.2 Å². The van der Waals surface area contributed by atoms with Crippen LogP contribution in [0.25, 0.3) is 21.8 Å². The number of hydrogen-bond acceptors (Lipinski definition) is 1. The van der Waals surface area contributed by atoms with Gasteiger partial charge in [0.1, 0.15) is 0 Å². The first kappa shape index (κ1) is 12.2. The molecule has 2 aromatic carbocycles. The molecule has 0 saturated heterocycles. The fraction of sp³-hybridized carbons (Fsp3) is 0.105. The second-order valence-corrected chi connectivity index (χ2v) is 5.49. The van der Waals surface area contributed by atoms with Crippen LogP contribution < -0.4 is 0 Å². The molecule has 2 heteroatoms. The molecule has 0 atom stereocenters. The van der Waals surface area contributed by atoms with Crippen molar-refractivity contribution in [1.29, 1.82) is 0 Å². The van der Waals surface area contributed by atoms with Gasteiger partial charge in [0.15, 0.2) is 0 Å². The lowest BCUT2D eigenvalue weighted by molar-refractivity contribution is 0.842. The van der Waals surface area contributed by atoms with Crippen molar-refractivity contribution in [2.75, 3.05) is 0 Å². The van der Waals surface area contributed by atoms with Crippen molar-refractivity contribution in [3.05, 3.63) is 78.1 Å². The Kier molecular flexibility index (Phi) is 2.74. The lowest BCUT2D eigenvalue weighted by Crippen LogP contribution is -1.99. The number of aromatic nitrogens is 2. The molecule has 2 nitrogen and oxygen atoms in total. The molecular formula is C19H16N2. The van der Waals surface area contributed by atoms with Crippen LogP contribution in [0.15, 0.2) is 67.0 Å². The topological polar surface area (TPSA) is 17.8 Å². The standard InChI is InChI=1S/C19H16N2/c1-14-6-7-19-15(12-14)9-11-21(19)13-16-8-10-20-18-5-3-2-4-17(16)18/h2-12H,13H2,1H3. The van der Waals surface area contributed by atoms with Crippen molar-refractivity contribution in [2.24, 2.45) is 0 Å². The number of hydrogen-bond donors (Lipinski definition) is 0. The first-order chi connectivity index (χ1) is 10.3. The first-order valence-electron chi connectivity index (χ1n) is 7.19. The van der Waals surface area contributed by atoms with Gasteiger partial charge in [0, 0.05) is 29.8 Å². The highest BCUT2D eigenvalue weighted by molar-refractivity contribution is 5.83. The molecule has 0 aliphatic rings. The number of para-hydroxylation sites is 1. The Morgan fingerprint density at radius 3 is 2.86 bits per heavy atom. The molecule has 0 bridgehead atoms. The summed E-state index contributed by atoms with van der Waals surface area (Å²) in [4.78, 5) is 4.44. The zero-order valence-electron chi connectivity index (χ0n) is 12.0. The Labute approximate surface area is 123 Å². The van der Waals surface area contributed by atoms with Gasteiger partial charge in [-0.15, -0.1) is 0 Å². The zero-order chi connectivity index (χ0) is 14.2. The summed E-state index contributed by atoms with van der Waals surface area (Å²) in [5, 5.41) is 2.53. The Morgan fingerprint density at radius 1 is 1.00 bits per heavy atom. The molecule has 21 heavy (non-hydrogen) atoms. The molecule has 0 unspecified atom stereocenters. The van der Waals surface area contributed by atoms with E-state index in [-0.39, 0.29) is 0 Å². The maximum absolute atomic E-state index is 4.44. The minimum atomic E-state index is 0.871. The Bertz CT molecular complexity index is 929. The normalized spacial score (nSPS) is 11.3. The van der Waals surface area contributed by atoms with Gasteiger partial charge < -0.3 is 4.57 Å². The van der Waals surface area contributed by atoms with E-state index in [1.165, 1.54) is 27.4 Å². The molecule has 0 N–H and O–H groups in total. The molecule has 4 aromatic rings. The second-order valence-electron chi connectivity index (χ2n) is 5.49. The van der Waals surface area contributed by atoms with E-state index in [0.717, 1.165) is 12.1 Å². The number of benzene rings is 2. The summed E-state index contributed by atoms with van der Waals surface area (Å²) in [6.45, 7) is 3.00. The molecule has 0 aliphatic carbocycles. The van der Waals surface area contributed by atoms with Crippen LogP contribution in [0.4, 0.5) is 0 Å². The van der Waals surface area contributed by atoms with E-state index in [9.17, 15) is 0 Å². The summed E-state index contributed by atoms with van der Waals surface area (Å²) >= 11 is 0. The highest BCUT2D eigenvalue weighted by Gasteiger charge is 2.05. The summed E-state index contributed by atoms with van der Waals surface area (Å²) in [5.41, 5.74) is 4.94. The first-order valence-corrected chi connectivity index (χ1v) is 7.19. The molecule has 0 aliphatic heterocycles. The summed E-state index contributed by atoms with van der Waals surface area (Å²) in [6, 6.07) is 19.2. The molecule has 4 rings (SSSR count). The molecular weight excluding hydrogens is 256 g/mol. The second kappa shape index (κ2) is 4.74. The number of nitrogens with zero attached hydrogens (tertiary/aromatic N) is 2. The third-order valence-corrected chi connectivity index (χ3v) is 4.01. The third-order valence-electron chi connectivity index (χ3n) is 4.01. The van der Waals surface area contributed by atoms with E-state index in [0.29, 0.717) is 0 Å². The average molecular weight is 272 g/mol. The number of fused-ring (bicyclic) bond motifs is 2. The van der Waals surface area contributed by atoms with Crippen LogP contribution in [0.2, 0.25) is 0 Å². The van der Waals surface area contributed by atoms with E-state index < -0.39 is 0 Å². The van der Waals surface area contributed by atoms with E-state index in [4.69, 9.17) is 0 Å². The van der Waals surface area contributed by atoms with Gasteiger partial charge in [0.05, 0.1) is 5.52 Å². The fourth-order valence-electron chi connectivity index (χ4n) is 2.93. The highest BCUT2D eigenvalue weighted by atomic mass is 14.9. The number of aryl methyl sites for hydroxylation is 1. The molecule has 0 amide bonds. The predicted octanol–water partition coefficient (Wildman–Crippen LogP) is 4.55. The van der Waals surface area contributed by atoms with E-state index in [1.807, 2.05) is 12.3 Å². The lowest BCUT2D eigenvalue weighted by Gasteiger charge is -2.09. The molecule has 2 heterocycles. The van der Waals surface area contributed by atoms with Gasteiger partial charge in [-0.1, -0.05) is 29.8 Å².